The summed E-state index contributed by atoms with van der Waals surface area (Å²) >= 11 is 1.82. The van der Waals surface area contributed by atoms with E-state index in [1.165, 1.54) is 10.4 Å². The highest BCUT2D eigenvalue weighted by molar-refractivity contribution is 7.10. The molecule has 0 saturated carbocycles. The number of nitrogens with one attached hydrogen (secondary N) is 1. The Bertz CT molecular complexity index is 281. The molecule has 1 atom stereocenters. The van der Waals surface area contributed by atoms with E-state index in [4.69, 9.17) is 5.73 Å². The van der Waals surface area contributed by atoms with Crippen molar-refractivity contribution in [2.24, 2.45) is 11.7 Å². The first kappa shape index (κ1) is 12.7. The van der Waals surface area contributed by atoms with Gasteiger partial charge in [0.25, 0.3) is 0 Å². The minimum atomic E-state index is 0.321. The Balaban J connectivity index is 2.15. The van der Waals surface area contributed by atoms with Gasteiger partial charge in [0.1, 0.15) is 0 Å². The lowest BCUT2D eigenvalue weighted by molar-refractivity contribution is 0.450. The Morgan fingerprint density at radius 3 is 2.73 bits per heavy atom. The van der Waals surface area contributed by atoms with Crippen LogP contribution in [0, 0.1) is 12.8 Å². The molecule has 0 aromatic carbocycles. The van der Waals surface area contributed by atoms with Gasteiger partial charge in [-0.3, -0.25) is 0 Å². The molecule has 0 fully saturated rings. The molecule has 0 saturated heterocycles. The first-order chi connectivity index (χ1) is 7.11. The fourth-order valence-corrected chi connectivity index (χ4v) is 2.26. The molecule has 1 aromatic heterocycles. The van der Waals surface area contributed by atoms with Gasteiger partial charge >= 0.3 is 0 Å². The topological polar surface area (TPSA) is 38.0 Å². The molecule has 86 valence electrons. The largest absolute Gasteiger partial charge is 0.327 e. The average molecular weight is 226 g/mol. The lowest BCUT2D eigenvalue weighted by atomic mass is 10.0. The van der Waals surface area contributed by atoms with E-state index in [2.05, 4.69) is 37.5 Å². The molecule has 15 heavy (non-hydrogen) atoms. The van der Waals surface area contributed by atoms with E-state index < -0.39 is 0 Å². The Labute approximate surface area is 96.9 Å². The van der Waals surface area contributed by atoms with Crippen LogP contribution >= 0.6 is 11.3 Å². The van der Waals surface area contributed by atoms with Crippen LogP contribution in [0.2, 0.25) is 0 Å². The lowest BCUT2D eigenvalue weighted by Crippen LogP contribution is -2.30. The van der Waals surface area contributed by atoms with Crippen LogP contribution in [0.15, 0.2) is 11.4 Å². The highest BCUT2D eigenvalue weighted by Crippen LogP contribution is 2.14. The zero-order chi connectivity index (χ0) is 11.3. The first-order valence-electron chi connectivity index (χ1n) is 5.60. The standard InChI is InChI=1S/C12H22N2S/c1-9(2)11(13)4-6-14-8-12-10(3)5-7-15-12/h5,7,9,11,14H,4,6,8,13H2,1-3H3. The van der Waals surface area contributed by atoms with E-state index in [-0.39, 0.29) is 0 Å². The van der Waals surface area contributed by atoms with Gasteiger partial charge in [-0.1, -0.05) is 13.8 Å². The number of rotatable bonds is 6. The van der Waals surface area contributed by atoms with Crippen LogP contribution in [0.4, 0.5) is 0 Å². The summed E-state index contributed by atoms with van der Waals surface area (Å²) in [5.74, 6) is 0.579. The Kier molecular flexibility index (Phi) is 5.29. The number of thiophene rings is 1. The van der Waals surface area contributed by atoms with Crippen molar-refractivity contribution in [1.82, 2.24) is 5.32 Å². The van der Waals surface area contributed by atoms with Crippen molar-refractivity contribution in [3.63, 3.8) is 0 Å². The molecule has 0 aliphatic heterocycles. The van der Waals surface area contributed by atoms with E-state index in [0.29, 0.717) is 12.0 Å². The molecular formula is C12H22N2S. The summed E-state index contributed by atoms with van der Waals surface area (Å²) in [6.45, 7) is 8.50. The fraction of sp³-hybridized carbons (Fsp3) is 0.667. The second-order valence-electron chi connectivity index (χ2n) is 4.40. The van der Waals surface area contributed by atoms with E-state index in [1.807, 2.05) is 11.3 Å². The van der Waals surface area contributed by atoms with Crippen LogP contribution in [-0.2, 0) is 6.54 Å². The Morgan fingerprint density at radius 1 is 1.47 bits per heavy atom. The highest BCUT2D eigenvalue weighted by atomic mass is 32.1. The molecule has 1 aromatic rings. The molecule has 1 unspecified atom stereocenters. The summed E-state index contributed by atoms with van der Waals surface area (Å²) in [6, 6.07) is 2.49. The van der Waals surface area contributed by atoms with Crippen LogP contribution < -0.4 is 11.1 Å². The van der Waals surface area contributed by atoms with Crippen molar-refractivity contribution in [3.05, 3.63) is 21.9 Å². The molecular weight excluding hydrogens is 204 g/mol. The third kappa shape index (κ3) is 4.33. The van der Waals surface area contributed by atoms with Crippen molar-refractivity contribution in [2.45, 2.75) is 39.8 Å². The fourth-order valence-electron chi connectivity index (χ4n) is 1.39. The van der Waals surface area contributed by atoms with Crippen molar-refractivity contribution >= 4 is 11.3 Å². The van der Waals surface area contributed by atoms with Gasteiger partial charge in [0.05, 0.1) is 0 Å². The van der Waals surface area contributed by atoms with Crippen LogP contribution in [-0.4, -0.2) is 12.6 Å². The monoisotopic (exact) mass is 226 g/mol. The number of hydrogen-bond donors (Lipinski definition) is 2. The highest BCUT2D eigenvalue weighted by Gasteiger charge is 2.06. The van der Waals surface area contributed by atoms with E-state index in [0.717, 1.165) is 19.5 Å². The summed E-state index contributed by atoms with van der Waals surface area (Å²) in [7, 11) is 0. The van der Waals surface area contributed by atoms with E-state index in [1.54, 1.807) is 0 Å². The number of hydrogen-bond acceptors (Lipinski definition) is 3. The van der Waals surface area contributed by atoms with Crippen molar-refractivity contribution in [1.29, 1.82) is 0 Å². The number of aryl methyl sites for hydroxylation is 1. The minimum Gasteiger partial charge on any atom is -0.327 e. The maximum Gasteiger partial charge on any atom is 0.0302 e. The molecule has 1 rings (SSSR count). The van der Waals surface area contributed by atoms with Crippen molar-refractivity contribution < 1.29 is 0 Å². The molecule has 0 spiro atoms. The van der Waals surface area contributed by atoms with Crippen LogP contribution in [0.5, 0.6) is 0 Å². The SMILES string of the molecule is Cc1ccsc1CNCCC(N)C(C)C. The van der Waals surface area contributed by atoms with Crippen molar-refractivity contribution in [2.75, 3.05) is 6.54 Å². The summed E-state index contributed by atoms with van der Waals surface area (Å²) in [5.41, 5.74) is 7.36. The van der Waals surface area contributed by atoms with Gasteiger partial charge in [-0.05, 0) is 42.8 Å². The number of nitrogens with two attached hydrogens (primary N) is 1. The molecule has 0 amide bonds. The second-order valence-corrected chi connectivity index (χ2v) is 5.40. The zero-order valence-corrected chi connectivity index (χ0v) is 10.7. The summed E-state index contributed by atoms with van der Waals surface area (Å²) in [6.07, 6.45) is 1.06. The maximum atomic E-state index is 5.97. The van der Waals surface area contributed by atoms with Gasteiger partial charge in [0.2, 0.25) is 0 Å². The predicted molar refractivity (Wildman–Crippen MR) is 68.2 cm³/mol. The third-order valence-corrected chi connectivity index (χ3v) is 3.79. The predicted octanol–water partition coefficient (Wildman–Crippen LogP) is 2.52. The summed E-state index contributed by atoms with van der Waals surface area (Å²) < 4.78 is 0. The smallest absolute Gasteiger partial charge is 0.0302 e. The quantitative estimate of drug-likeness (QED) is 0.732. The molecule has 1 heterocycles. The lowest BCUT2D eigenvalue weighted by Gasteiger charge is -2.15. The second kappa shape index (κ2) is 6.26. The molecule has 0 radical (unpaired) electrons. The Morgan fingerprint density at radius 2 is 2.20 bits per heavy atom. The molecule has 0 bridgehead atoms. The molecule has 0 aliphatic rings. The van der Waals surface area contributed by atoms with Gasteiger partial charge < -0.3 is 11.1 Å². The first-order valence-corrected chi connectivity index (χ1v) is 6.48. The third-order valence-electron chi connectivity index (χ3n) is 2.76. The van der Waals surface area contributed by atoms with Crippen LogP contribution in [0.1, 0.15) is 30.7 Å². The van der Waals surface area contributed by atoms with Gasteiger partial charge in [0.15, 0.2) is 0 Å². The molecule has 0 aliphatic carbocycles. The van der Waals surface area contributed by atoms with Crippen molar-refractivity contribution in [3.8, 4) is 0 Å². The Hall–Kier alpha value is -0.380. The maximum absolute atomic E-state index is 5.97. The average Bonchev–Trinajstić information content (AvgIpc) is 2.58. The van der Waals surface area contributed by atoms with Crippen LogP contribution in [0.3, 0.4) is 0 Å². The van der Waals surface area contributed by atoms with Gasteiger partial charge in [-0.2, -0.15) is 0 Å². The van der Waals surface area contributed by atoms with Gasteiger partial charge in [-0.25, -0.2) is 0 Å². The van der Waals surface area contributed by atoms with E-state index >= 15 is 0 Å². The van der Waals surface area contributed by atoms with Gasteiger partial charge in [0, 0.05) is 17.5 Å². The molecule has 2 nitrogen and oxygen atoms in total. The molecule has 3 heteroatoms. The van der Waals surface area contributed by atoms with Crippen LogP contribution in [0.25, 0.3) is 0 Å². The molecule has 3 N–H and O–H groups in total. The van der Waals surface area contributed by atoms with E-state index in [9.17, 15) is 0 Å². The van der Waals surface area contributed by atoms with Gasteiger partial charge in [-0.15, -0.1) is 11.3 Å². The normalized spacial score (nSPS) is 13.4. The summed E-state index contributed by atoms with van der Waals surface area (Å²) in [4.78, 5) is 1.44. The zero-order valence-electron chi connectivity index (χ0n) is 9.92. The summed E-state index contributed by atoms with van der Waals surface area (Å²) in [5, 5.41) is 5.59. The minimum absolute atomic E-state index is 0.321.